The lowest BCUT2D eigenvalue weighted by Gasteiger charge is -2.15. The van der Waals surface area contributed by atoms with Gasteiger partial charge in [0.1, 0.15) is 5.75 Å². The molecular formula is C13H20O3. The van der Waals surface area contributed by atoms with Crippen LogP contribution in [0.3, 0.4) is 0 Å². The van der Waals surface area contributed by atoms with Crippen LogP contribution in [0.2, 0.25) is 0 Å². The fraction of sp³-hybridized carbons (Fsp3) is 0.538. The average molecular weight is 224 g/mol. The molecule has 0 aliphatic rings. The summed E-state index contributed by atoms with van der Waals surface area (Å²) in [6.45, 7) is 4.44. The summed E-state index contributed by atoms with van der Waals surface area (Å²) >= 11 is 0. The van der Waals surface area contributed by atoms with E-state index in [1.807, 2.05) is 31.2 Å². The molecule has 1 aromatic carbocycles. The SMILES string of the molecule is COCCC(C)Oc1cccc(C(C)O)c1. The summed E-state index contributed by atoms with van der Waals surface area (Å²) in [5, 5.41) is 9.45. The van der Waals surface area contributed by atoms with Crippen LogP contribution in [-0.2, 0) is 4.74 Å². The van der Waals surface area contributed by atoms with Crippen LogP contribution in [0.5, 0.6) is 5.75 Å². The Bertz CT molecular complexity index is 310. The van der Waals surface area contributed by atoms with E-state index in [-0.39, 0.29) is 6.10 Å². The number of aliphatic hydroxyl groups excluding tert-OH is 1. The molecule has 16 heavy (non-hydrogen) atoms. The predicted molar refractivity (Wildman–Crippen MR) is 63.7 cm³/mol. The highest BCUT2D eigenvalue weighted by atomic mass is 16.5. The molecular weight excluding hydrogens is 204 g/mol. The van der Waals surface area contributed by atoms with E-state index in [0.717, 1.165) is 17.7 Å². The van der Waals surface area contributed by atoms with E-state index in [2.05, 4.69) is 0 Å². The number of ether oxygens (including phenoxy) is 2. The van der Waals surface area contributed by atoms with Crippen molar-refractivity contribution in [3.8, 4) is 5.75 Å². The van der Waals surface area contributed by atoms with Crippen molar-refractivity contribution in [3.63, 3.8) is 0 Å². The number of aliphatic hydroxyl groups is 1. The molecule has 0 heterocycles. The minimum atomic E-state index is -0.460. The molecule has 0 fully saturated rings. The molecule has 2 unspecified atom stereocenters. The van der Waals surface area contributed by atoms with Crippen molar-refractivity contribution in [1.82, 2.24) is 0 Å². The van der Waals surface area contributed by atoms with Gasteiger partial charge in [0.2, 0.25) is 0 Å². The molecule has 0 spiro atoms. The van der Waals surface area contributed by atoms with Gasteiger partial charge in [-0.1, -0.05) is 12.1 Å². The van der Waals surface area contributed by atoms with E-state index < -0.39 is 6.10 Å². The third-order valence-electron chi connectivity index (χ3n) is 2.41. The minimum absolute atomic E-state index is 0.115. The molecule has 0 aliphatic heterocycles. The van der Waals surface area contributed by atoms with Crippen molar-refractivity contribution in [3.05, 3.63) is 29.8 Å². The van der Waals surface area contributed by atoms with Gasteiger partial charge >= 0.3 is 0 Å². The molecule has 2 atom stereocenters. The first-order valence-corrected chi connectivity index (χ1v) is 5.57. The molecule has 0 saturated heterocycles. The molecule has 0 amide bonds. The van der Waals surface area contributed by atoms with Gasteiger partial charge in [-0.2, -0.15) is 0 Å². The Hall–Kier alpha value is -1.06. The number of hydrogen-bond acceptors (Lipinski definition) is 3. The van der Waals surface area contributed by atoms with E-state index in [1.54, 1.807) is 14.0 Å². The van der Waals surface area contributed by atoms with Crippen molar-refractivity contribution >= 4 is 0 Å². The van der Waals surface area contributed by atoms with Crippen molar-refractivity contribution in [1.29, 1.82) is 0 Å². The highest BCUT2D eigenvalue weighted by Crippen LogP contribution is 2.20. The smallest absolute Gasteiger partial charge is 0.120 e. The van der Waals surface area contributed by atoms with Crippen LogP contribution >= 0.6 is 0 Å². The van der Waals surface area contributed by atoms with Crippen LogP contribution in [0.4, 0.5) is 0 Å². The fourth-order valence-electron chi connectivity index (χ4n) is 1.42. The lowest BCUT2D eigenvalue weighted by atomic mass is 10.1. The molecule has 3 nitrogen and oxygen atoms in total. The third-order valence-corrected chi connectivity index (χ3v) is 2.41. The summed E-state index contributed by atoms with van der Waals surface area (Å²) in [5.41, 5.74) is 0.872. The van der Waals surface area contributed by atoms with Gasteiger partial charge in [-0.05, 0) is 31.5 Å². The van der Waals surface area contributed by atoms with Crippen molar-refractivity contribution in [2.45, 2.75) is 32.5 Å². The highest BCUT2D eigenvalue weighted by Gasteiger charge is 2.06. The second-order valence-electron chi connectivity index (χ2n) is 3.96. The summed E-state index contributed by atoms with van der Waals surface area (Å²) in [5.74, 6) is 0.794. The quantitative estimate of drug-likeness (QED) is 0.807. The van der Waals surface area contributed by atoms with Crippen molar-refractivity contribution in [2.24, 2.45) is 0 Å². The third kappa shape index (κ3) is 4.21. The van der Waals surface area contributed by atoms with Crippen LogP contribution in [0.15, 0.2) is 24.3 Å². The van der Waals surface area contributed by atoms with Gasteiger partial charge in [0.15, 0.2) is 0 Å². The standard InChI is InChI=1S/C13H20O3/c1-10(7-8-15-3)16-13-6-4-5-12(9-13)11(2)14/h4-6,9-11,14H,7-8H2,1-3H3. The van der Waals surface area contributed by atoms with Gasteiger partial charge in [-0.3, -0.25) is 0 Å². The Labute approximate surface area is 97.0 Å². The molecule has 1 aromatic rings. The Morgan fingerprint density at radius 3 is 2.69 bits per heavy atom. The normalized spacial score (nSPS) is 14.5. The van der Waals surface area contributed by atoms with E-state index in [0.29, 0.717) is 6.61 Å². The van der Waals surface area contributed by atoms with Crippen LogP contribution in [0, 0.1) is 0 Å². The van der Waals surface area contributed by atoms with Crippen molar-refractivity contribution in [2.75, 3.05) is 13.7 Å². The van der Waals surface area contributed by atoms with E-state index in [4.69, 9.17) is 9.47 Å². The van der Waals surface area contributed by atoms with E-state index in [9.17, 15) is 5.11 Å². The zero-order chi connectivity index (χ0) is 12.0. The van der Waals surface area contributed by atoms with E-state index >= 15 is 0 Å². The second kappa shape index (κ2) is 6.51. The predicted octanol–water partition coefficient (Wildman–Crippen LogP) is 2.54. The maximum absolute atomic E-state index is 9.45. The first kappa shape index (κ1) is 13.0. The summed E-state index contributed by atoms with van der Waals surface area (Å²) in [7, 11) is 1.68. The number of hydrogen-bond donors (Lipinski definition) is 1. The first-order valence-electron chi connectivity index (χ1n) is 5.57. The van der Waals surface area contributed by atoms with Gasteiger partial charge in [-0.25, -0.2) is 0 Å². The Morgan fingerprint density at radius 2 is 2.06 bits per heavy atom. The molecule has 0 aliphatic carbocycles. The number of methoxy groups -OCH3 is 1. The second-order valence-corrected chi connectivity index (χ2v) is 3.96. The lowest BCUT2D eigenvalue weighted by molar-refractivity contribution is 0.134. The summed E-state index contributed by atoms with van der Waals surface area (Å²) in [6.07, 6.45) is 0.511. The van der Waals surface area contributed by atoms with Crippen LogP contribution < -0.4 is 4.74 Å². The number of rotatable bonds is 6. The van der Waals surface area contributed by atoms with Crippen LogP contribution in [0.1, 0.15) is 31.9 Å². The van der Waals surface area contributed by atoms with Crippen LogP contribution in [0.25, 0.3) is 0 Å². The van der Waals surface area contributed by atoms with Gasteiger partial charge in [0.05, 0.1) is 12.2 Å². The number of benzene rings is 1. The molecule has 90 valence electrons. The zero-order valence-electron chi connectivity index (χ0n) is 10.1. The highest BCUT2D eigenvalue weighted by molar-refractivity contribution is 5.29. The monoisotopic (exact) mass is 224 g/mol. The maximum Gasteiger partial charge on any atom is 0.120 e. The molecule has 0 saturated carbocycles. The van der Waals surface area contributed by atoms with Gasteiger partial charge in [0, 0.05) is 20.1 Å². The lowest BCUT2D eigenvalue weighted by Crippen LogP contribution is -2.14. The molecule has 0 aromatic heterocycles. The van der Waals surface area contributed by atoms with E-state index in [1.165, 1.54) is 0 Å². The van der Waals surface area contributed by atoms with Gasteiger partial charge in [0.25, 0.3) is 0 Å². The largest absolute Gasteiger partial charge is 0.491 e. The van der Waals surface area contributed by atoms with Crippen LogP contribution in [-0.4, -0.2) is 24.9 Å². The zero-order valence-corrected chi connectivity index (χ0v) is 10.1. The fourth-order valence-corrected chi connectivity index (χ4v) is 1.42. The van der Waals surface area contributed by atoms with Gasteiger partial charge in [-0.15, -0.1) is 0 Å². The average Bonchev–Trinajstić information content (AvgIpc) is 2.26. The molecule has 0 radical (unpaired) electrons. The molecule has 1 N–H and O–H groups in total. The molecule has 0 bridgehead atoms. The molecule has 3 heteroatoms. The summed E-state index contributed by atoms with van der Waals surface area (Å²) in [4.78, 5) is 0. The van der Waals surface area contributed by atoms with Gasteiger partial charge < -0.3 is 14.6 Å². The Kier molecular flexibility index (Phi) is 5.29. The minimum Gasteiger partial charge on any atom is -0.491 e. The first-order chi connectivity index (χ1) is 7.63. The summed E-state index contributed by atoms with van der Waals surface area (Å²) < 4.78 is 10.7. The Balaban J connectivity index is 2.56. The Morgan fingerprint density at radius 1 is 1.31 bits per heavy atom. The molecule has 1 rings (SSSR count). The summed E-state index contributed by atoms with van der Waals surface area (Å²) in [6, 6.07) is 7.54. The van der Waals surface area contributed by atoms with Crippen molar-refractivity contribution < 1.29 is 14.6 Å². The maximum atomic E-state index is 9.45. The topological polar surface area (TPSA) is 38.7 Å².